The van der Waals surface area contributed by atoms with Gasteiger partial charge in [0.05, 0.1) is 0 Å². The van der Waals surface area contributed by atoms with Crippen LogP contribution in [0, 0.1) is 0 Å². The minimum atomic E-state index is 1.19. The number of hydrogen-bond donors (Lipinski definition) is 0. The summed E-state index contributed by atoms with van der Waals surface area (Å²) in [6.07, 6.45) is 2.42. The molecule has 0 amide bonds. The molecule has 1 saturated heterocycles. The van der Waals surface area contributed by atoms with Gasteiger partial charge in [-0.2, -0.15) is 0 Å². The molecule has 0 radical (unpaired) electrons. The van der Waals surface area contributed by atoms with E-state index < -0.39 is 0 Å². The summed E-state index contributed by atoms with van der Waals surface area (Å²) in [5.41, 5.74) is 3.14. The number of hydrogen-bond acceptors (Lipinski definition) is 3. The highest BCUT2D eigenvalue weighted by Gasteiger charge is 2.17. The number of thiophene rings is 2. The van der Waals surface area contributed by atoms with E-state index in [-0.39, 0.29) is 0 Å². The predicted molar refractivity (Wildman–Crippen MR) is 81.4 cm³/mol. The van der Waals surface area contributed by atoms with Gasteiger partial charge in [-0.3, -0.25) is 0 Å². The molecule has 3 heterocycles. The van der Waals surface area contributed by atoms with E-state index in [1.165, 1.54) is 41.3 Å². The normalized spacial score (nSPS) is 17.1. The zero-order valence-corrected chi connectivity index (χ0v) is 12.2. The number of likely N-dealkylation sites (tertiary alicyclic amines) is 1. The van der Waals surface area contributed by atoms with E-state index in [2.05, 4.69) is 47.0 Å². The molecule has 0 bridgehead atoms. The number of piperidine rings is 1. The first-order valence-electron chi connectivity index (χ1n) is 6.33. The standard InChI is InChI=1S/C15H17NS2/c1-16-8-6-12(7-9-16)15(13-4-2-10-17-13)14-5-3-11-18-14/h2-5,10-11H,6-9H2,1H3. The van der Waals surface area contributed by atoms with E-state index in [9.17, 15) is 0 Å². The molecular formula is C15H17NS2. The quantitative estimate of drug-likeness (QED) is 0.788. The minimum absolute atomic E-state index is 1.19. The van der Waals surface area contributed by atoms with Gasteiger partial charge in [0.2, 0.25) is 0 Å². The monoisotopic (exact) mass is 275 g/mol. The summed E-state index contributed by atoms with van der Waals surface area (Å²) in [6, 6.07) is 8.82. The fourth-order valence-corrected chi connectivity index (χ4v) is 4.18. The highest BCUT2D eigenvalue weighted by Crippen LogP contribution is 2.36. The lowest BCUT2D eigenvalue weighted by Crippen LogP contribution is -2.26. The Hall–Kier alpha value is -0.900. The van der Waals surface area contributed by atoms with Crippen LogP contribution >= 0.6 is 22.7 Å². The average molecular weight is 275 g/mol. The summed E-state index contributed by atoms with van der Waals surface area (Å²) in [6.45, 7) is 2.38. The molecule has 0 spiro atoms. The Morgan fingerprint density at radius 3 is 2.00 bits per heavy atom. The first-order valence-corrected chi connectivity index (χ1v) is 8.09. The lowest BCUT2D eigenvalue weighted by molar-refractivity contribution is 0.313. The summed E-state index contributed by atoms with van der Waals surface area (Å²) in [5, 5.41) is 4.36. The van der Waals surface area contributed by atoms with Crippen LogP contribution in [-0.4, -0.2) is 25.0 Å². The minimum Gasteiger partial charge on any atom is -0.306 e. The molecule has 1 aliphatic heterocycles. The van der Waals surface area contributed by atoms with Gasteiger partial charge >= 0.3 is 0 Å². The Balaban J connectivity index is 2.03. The second-order valence-corrected chi connectivity index (χ2v) is 6.63. The molecule has 1 nitrogen and oxygen atoms in total. The van der Waals surface area contributed by atoms with Crippen LogP contribution in [0.5, 0.6) is 0 Å². The van der Waals surface area contributed by atoms with E-state index in [0.29, 0.717) is 0 Å². The van der Waals surface area contributed by atoms with Gasteiger partial charge in [-0.25, -0.2) is 0 Å². The topological polar surface area (TPSA) is 3.24 Å². The van der Waals surface area contributed by atoms with Crippen molar-refractivity contribution in [2.75, 3.05) is 20.1 Å². The van der Waals surface area contributed by atoms with Gasteiger partial charge in [0.15, 0.2) is 0 Å². The van der Waals surface area contributed by atoms with Gasteiger partial charge in [0.1, 0.15) is 0 Å². The Morgan fingerprint density at radius 2 is 1.56 bits per heavy atom. The molecule has 1 fully saturated rings. The molecule has 2 aromatic rings. The van der Waals surface area contributed by atoms with Gasteiger partial charge in [0, 0.05) is 28.4 Å². The highest BCUT2D eigenvalue weighted by atomic mass is 32.1. The molecule has 0 saturated carbocycles. The maximum absolute atomic E-state index is 2.42. The zero-order chi connectivity index (χ0) is 12.4. The van der Waals surface area contributed by atoms with Crippen LogP contribution in [0.25, 0.3) is 5.57 Å². The molecule has 0 aromatic carbocycles. The molecular weight excluding hydrogens is 258 g/mol. The van der Waals surface area contributed by atoms with Crippen molar-refractivity contribution in [3.8, 4) is 0 Å². The first-order chi connectivity index (χ1) is 8.84. The molecule has 18 heavy (non-hydrogen) atoms. The van der Waals surface area contributed by atoms with Crippen LogP contribution in [0.3, 0.4) is 0 Å². The van der Waals surface area contributed by atoms with Gasteiger partial charge < -0.3 is 4.90 Å². The molecule has 0 unspecified atom stereocenters. The second-order valence-electron chi connectivity index (χ2n) is 4.74. The largest absolute Gasteiger partial charge is 0.306 e. The van der Waals surface area contributed by atoms with Gasteiger partial charge in [-0.1, -0.05) is 17.7 Å². The van der Waals surface area contributed by atoms with Gasteiger partial charge in [0.25, 0.3) is 0 Å². The first kappa shape index (κ1) is 12.2. The Labute approximate surface area is 116 Å². The maximum Gasteiger partial charge on any atom is 0.0356 e. The molecule has 0 atom stereocenters. The van der Waals surface area contributed by atoms with Crippen molar-refractivity contribution < 1.29 is 0 Å². The van der Waals surface area contributed by atoms with Crippen molar-refractivity contribution in [1.29, 1.82) is 0 Å². The lowest BCUT2D eigenvalue weighted by atomic mass is 9.96. The predicted octanol–water partition coefficient (Wildman–Crippen LogP) is 4.34. The third-order valence-corrected chi connectivity index (χ3v) is 5.25. The van der Waals surface area contributed by atoms with Crippen molar-refractivity contribution in [3.05, 3.63) is 50.4 Å². The van der Waals surface area contributed by atoms with Crippen LogP contribution in [0.2, 0.25) is 0 Å². The van der Waals surface area contributed by atoms with E-state index in [1.807, 2.05) is 22.7 Å². The third-order valence-electron chi connectivity index (χ3n) is 3.48. The maximum atomic E-state index is 2.42. The summed E-state index contributed by atoms with van der Waals surface area (Å²) < 4.78 is 0. The van der Waals surface area contributed by atoms with Crippen molar-refractivity contribution in [2.24, 2.45) is 0 Å². The van der Waals surface area contributed by atoms with Crippen LogP contribution in [0.4, 0.5) is 0 Å². The van der Waals surface area contributed by atoms with Crippen molar-refractivity contribution >= 4 is 28.2 Å². The van der Waals surface area contributed by atoms with E-state index in [4.69, 9.17) is 0 Å². The third kappa shape index (κ3) is 2.44. The van der Waals surface area contributed by atoms with Crippen LogP contribution < -0.4 is 0 Å². The van der Waals surface area contributed by atoms with Crippen LogP contribution in [-0.2, 0) is 0 Å². The van der Waals surface area contributed by atoms with E-state index in [1.54, 1.807) is 5.57 Å². The van der Waals surface area contributed by atoms with Gasteiger partial charge in [-0.05, 0) is 42.8 Å². The van der Waals surface area contributed by atoms with Crippen LogP contribution in [0.1, 0.15) is 22.6 Å². The molecule has 94 valence electrons. The molecule has 0 aliphatic carbocycles. The van der Waals surface area contributed by atoms with Gasteiger partial charge in [-0.15, -0.1) is 22.7 Å². The van der Waals surface area contributed by atoms with Crippen molar-refractivity contribution in [2.45, 2.75) is 12.8 Å². The Kier molecular flexibility index (Phi) is 3.64. The van der Waals surface area contributed by atoms with Crippen molar-refractivity contribution in [1.82, 2.24) is 4.90 Å². The number of rotatable bonds is 2. The summed E-state index contributed by atoms with van der Waals surface area (Å²) in [5.74, 6) is 0. The second kappa shape index (κ2) is 5.39. The summed E-state index contributed by atoms with van der Waals surface area (Å²) in [7, 11) is 2.22. The fraction of sp³-hybridized carbons (Fsp3) is 0.333. The zero-order valence-electron chi connectivity index (χ0n) is 10.6. The smallest absolute Gasteiger partial charge is 0.0356 e. The highest BCUT2D eigenvalue weighted by molar-refractivity contribution is 7.13. The van der Waals surface area contributed by atoms with Crippen LogP contribution in [0.15, 0.2) is 40.6 Å². The Bertz CT molecular complexity index is 477. The molecule has 3 rings (SSSR count). The van der Waals surface area contributed by atoms with E-state index in [0.717, 1.165) is 0 Å². The fourth-order valence-electron chi connectivity index (χ4n) is 2.45. The average Bonchev–Trinajstić information content (AvgIpc) is 3.06. The SMILES string of the molecule is CN1CCC(=C(c2cccs2)c2cccs2)CC1. The number of nitrogens with zero attached hydrogens (tertiary/aromatic N) is 1. The van der Waals surface area contributed by atoms with Crippen molar-refractivity contribution in [3.63, 3.8) is 0 Å². The summed E-state index contributed by atoms with van der Waals surface area (Å²) >= 11 is 3.72. The molecule has 1 aliphatic rings. The molecule has 2 aromatic heterocycles. The van der Waals surface area contributed by atoms with E-state index >= 15 is 0 Å². The lowest BCUT2D eigenvalue weighted by Gasteiger charge is -2.26. The molecule has 0 N–H and O–H groups in total. The summed E-state index contributed by atoms with van der Waals surface area (Å²) in [4.78, 5) is 5.28. The Morgan fingerprint density at radius 1 is 1.00 bits per heavy atom. The molecule has 3 heteroatoms.